The van der Waals surface area contributed by atoms with E-state index in [0.717, 1.165) is 0 Å². The number of nitrogens with one attached hydrogen (secondary N) is 1. The molecule has 0 atom stereocenters. The lowest BCUT2D eigenvalue weighted by atomic mass is 10.1. The van der Waals surface area contributed by atoms with Crippen molar-refractivity contribution in [1.29, 1.82) is 0 Å². The number of ether oxygens (including phenoxy) is 2. The molecule has 6 nitrogen and oxygen atoms in total. The first-order valence-corrected chi connectivity index (χ1v) is 7.39. The molecule has 2 rings (SSSR count). The summed E-state index contributed by atoms with van der Waals surface area (Å²) < 4.78 is 10.3. The zero-order valence-corrected chi connectivity index (χ0v) is 14.2. The molecule has 0 aliphatic carbocycles. The van der Waals surface area contributed by atoms with Crippen molar-refractivity contribution in [3.8, 4) is 17.2 Å². The van der Waals surface area contributed by atoms with Gasteiger partial charge in [0.05, 0.1) is 25.5 Å². The summed E-state index contributed by atoms with van der Waals surface area (Å²) in [6, 6.07) is 9.56. The molecule has 24 heavy (non-hydrogen) atoms. The Balaban J connectivity index is 2.26. The van der Waals surface area contributed by atoms with Crippen LogP contribution in [0.25, 0.3) is 0 Å². The number of carbonyl (C=O) groups excluding carboxylic acids is 1. The second-order valence-corrected chi connectivity index (χ2v) is 5.31. The normalized spacial score (nSPS) is 11.1. The van der Waals surface area contributed by atoms with Crippen molar-refractivity contribution in [2.24, 2.45) is 5.10 Å². The molecule has 7 heteroatoms. The minimum atomic E-state index is -0.413. The lowest BCUT2D eigenvalue weighted by Gasteiger charge is -2.12. The smallest absolute Gasteiger partial charge is 0.271 e. The summed E-state index contributed by atoms with van der Waals surface area (Å²) in [5, 5.41) is 14.6. The first kappa shape index (κ1) is 17.6. The number of phenols is 1. The number of halogens is 1. The number of rotatable bonds is 5. The molecule has 2 N–H and O–H groups in total. The van der Waals surface area contributed by atoms with Crippen LogP contribution in [0.3, 0.4) is 0 Å². The van der Waals surface area contributed by atoms with E-state index >= 15 is 0 Å². The van der Waals surface area contributed by atoms with Crippen LogP contribution in [0, 0.1) is 0 Å². The number of amides is 1. The highest BCUT2D eigenvalue weighted by Crippen LogP contribution is 2.33. The lowest BCUT2D eigenvalue weighted by Crippen LogP contribution is -2.19. The largest absolute Gasteiger partial charge is 0.507 e. The first-order chi connectivity index (χ1) is 11.5. The van der Waals surface area contributed by atoms with E-state index < -0.39 is 5.91 Å². The average molecular weight is 349 g/mol. The molecule has 0 spiro atoms. The molecular weight excluding hydrogens is 332 g/mol. The van der Waals surface area contributed by atoms with Gasteiger partial charge in [0.2, 0.25) is 0 Å². The number of hydrogen-bond donors (Lipinski definition) is 2. The van der Waals surface area contributed by atoms with E-state index in [2.05, 4.69) is 10.5 Å². The summed E-state index contributed by atoms with van der Waals surface area (Å²) in [7, 11) is 2.95. The fourth-order valence-electron chi connectivity index (χ4n) is 2.10. The van der Waals surface area contributed by atoms with Gasteiger partial charge in [-0.25, -0.2) is 5.43 Å². The highest BCUT2D eigenvalue weighted by molar-refractivity contribution is 6.30. The molecule has 1 amide bonds. The lowest BCUT2D eigenvalue weighted by molar-refractivity contribution is 0.0955. The van der Waals surface area contributed by atoms with Gasteiger partial charge in [0, 0.05) is 22.7 Å². The van der Waals surface area contributed by atoms with Gasteiger partial charge >= 0.3 is 0 Å². The number of hydrazone groups is 1. The molecular formula is C17H17ClN2O4. The van der Waals surface area contributed by atoms with Gasteiger partial charge in [-0.05, 0) is 25.1 Å². The van der Waals surface area contributed by atoms with Gasteiger partial charge in [0.15, 0.2) is 0 Å². The number of carbonyl (C=O) groups is 1. The van der Waals surface area contributed by atoms with Crippen LogP contribution in [0.4, 0.5) is 0 Å². The van der Waals surface area contributed by atoms with Crippen molar-refractivity contribution in [3.05, 3.63) is 52.5 Å². The van der Waals surface area contributed by atoms with Crippen molar-refractivity contribution in [3.63, 3.8) is 0 Å². The predicted octanol–water partition coefficient (Wildman–Crippen LogP) is 3.22. The zero-order valence-electron chi connectivity index (χ0n) is 13.5. The Morgan fingerprint density at radius 1 is 1.21 bits per heavy atom. The van der Waals surface area contributed by atoms with Crippen molar-refractivity contribution in [1.82, 2.24) is 5.43 Å². The van der Waals surface area contributed by atoms with Gasteiger partial charge in [0.25, 0.3) is 5.91 Å². The third kappa shape index (κ3) is 3.97. The average Bonchev–Trinajstić information content (AvgIpc) is 2.58. The minimum Gasteiger partial charge on any atom is -0.507 e. The highest BCUT2D eigenvalue weighted by Gasteiger charge is 2.15. The highest BCUT2D eigenvalue weighted by atomic mass is 35.5. The van der Waals surface area contributed by atoms with E-state index in [0.29, 0.717) is 33.4 Å². The topological polar surface area (TPSA) is 80.2 Å². The predicted molar refractivity (Wildman–Crippen MR) is 92.3 cm³/mol. The second-order valence-electron chi connectivity index (χ2n) is 4.87. The van der Waals surface area contributed by atoms with Crippen molar-refractivity contribution >= 4 is 23.2 Å². The van der Waals surface area contributed by atoms with Crippen molar-refractivity contribution in [2.75, 3.05) is 14.2 Å². The SMILES string of the molecule is COc1cc(O)c(/C(C)=N/NC(=O)c2cccc(Cl)c2)c(OC)c1. The standard InChI is InChI=1S/C17H17ClN2O4/c1-10(16-14(21)8-13(23-2)9-15(16)24-3)19-20-17(22)11-5-4-6-12(18)7-11/h4-9,21H,1-3H3,(H,20,22)/b19-10+. The number of hydrogen-bond acceptors (Lipinski definition) is 5. The number of nitrogens with zero attached hydrogens (tertiary/aromatic N) is 1. The number of benzene rings is 2. The quantitative estimate of drug-likeness (QED) is 0.642. The fraction of sp³-hybridized carbons (Fsp3) is 0.176. The number of phenolic OH excluding ortho intramolecular Hbond substituents is 1. The minimum absolute atomic E-state index is 0.0653. The molecule has 0 heterocycles. The summed E-state index contributed by atoms with van der Waals surface area (Å²) in [6.07, 6.45) is 0. The van der Waals surface area contributed by atoms with Gasteiger partial charge in [-0.2, -0.15) is 5.10 Å². The summed E-state index contributed by atoms with van der Waals surface area (Å²) >= 11 is 5.86. The van der Waals surface area contributed by atoms with E-state index in [9.17, 15) is 9.90 Å². The maximum absolute atomic E-state index is 12.1. The summed E-state index contributed by atoms with van der Waals surface area (Å²) in [5.41, 5.74) is 3.55. The van der Waals surface area contributed by atoms with Crippen LogP contribution in [-0.2, 0) is 0 Å². The third-order valence-corrected chi connectivity index (χ3v) is 3.52. The van der Waals surface area contributed by atoms with Crippen molar-refractivity contribution in [2.45, 2.75) is 6.92 Å². The molecule has 2 aromatic carbocycles. The third-order valence-electron chi connectivity index (χ3n) is 3.28. The molecule has 0 aromatic heterocycles. The van der Waals surface area contributed by atoms with Crippen LogP contribution in [0.2, 0.25) is 5.02 Å². The molecule has 2 aromatic rings. The van der Waals surface area contributed by atoms with E-state index in [-0.39, 0.29) is 5.75 Å². The van der Waals surface area contributed by atoms with Crippen LogP contribution in [-0.4, -0.2) is 30.9 Å². The van der Waals surface area contributed by atoms with E-state index in [1.54, 1.807) is 31.2 Å². The Morgan fingerprint density at radius 3 is 2.58 bits per heavy atom. The Hall–Kier alpha value is -2.73. The van der Waals surface area contributed by atoms with Crippen LogP contribution >= 0.6 is 11.6 Å². The van der Waals surface area contributed by atoms with E-state index in [1.807, 2.05) is 0 Å². The van der Waals surface area contributed by atoms with Gasteiger partial charge in [-0.15, -0.1) is 0 Å². The van der Waals surface area contributed by atoms with Crippen LogP contribution < -0.4 is 14.9 Å². The fourth-order valence-corrected chi connectivity index (χ4v) is 2.29. The molecule has 126 valence electrons. The second kappa shape index (κ2) is 7.70. The molecule has 0 fully saturated rings. The molecule has 0 unspecified atom stereocenters. The maximum Gasteiger partial charge on any atom is 0.271 e. The van der Waals surface area contributed by atoms with Gasteiger partial charge < -0.3 is 14.6 Å². The molecule has 0 radical (unpaired) electrons. The van der Waals surface area contributed by atoms with Gasteiger partial charge in [0.1, 0.15) is 17.2 Å². The van der Waals surface area contributed by atoms with Gasteiger partial charge in [-0.1, -0.05) is 17.7 Å². The number of aromatic hydroxyl groups is 1. The van der Waals surface area contributed by atoms with Crippen LogP contribution in [0.15, 0.2) is 41.5 Å². The first-order valence-electron chi connectivity index (χ1n) is 7.01. The Labute approximate surface area is 144 Å². The monoisotopic (exact) mass is 348 g/mol. The Kier molecular flexibility index (Phi) is 5.65. The zero-order chi connectivity index (χ0) is 17.7. The maximum atomic E-state index is 12.1. The summed E-state index contributed by atoms with van der Waals surface area (Å²) in [4.78, 5) is 12.1. The molecule has 0 aliphatic rings. The molecule has 0 aliphatic heterocycles. The van der Waals surface area contributed by atoms with Crippen LogP contribution in [0.5, 0.6) is 17.2 Å². The van der Waals surface area contributed by atoms with E-state index in [1.165, 1.54) is 26.4 Å². The van der Waals surface area contributed by atoms with Crippen molar-refractivity contribution < 1.29 is 19.4 Å². The Bertz CT molecular complexity index is 790. The molecule has 0 bridgehead atoms. The van der Waals surface area contributed by atoms with E-state index in [4.69, 9.17) is 21.1 Å². The molecule has 0 saturated carbocycles. The summed E-state index contributed by atoms with van der Waals surface area (Å²) in [5.74, 6) is 0.349. The van der Waals surface area contributed by atoms with Gasteiger partial charge in [-0.3, -0.25) is 4.79 Å². The molecule has 0 saturated heterocycles. The van der Waals surface area contributed by atoms with Crippen LogP contribution in [0.1, 0.15) is 22.8 Å². The number of methoxy groups -OCH3 is 2. The summed E-state index contributed by atoms with van der Waals surface area (Å²) in [6.45, 7) is 1.64. The Morgan fingerprint density at radius 2 is 1.96 bits per heavy atom.